The van der Waals surface area contributed by atoms with Gasteiger partial charge < -0.3 is 24.3 Å². The monoisotopic (exact) mass is 448 g/mol. The number of amides is 1. The molecule has 0 saturated carbocycles. The van der Waals surface area contributed by atoms with Crippen LogP contribution >= 0.6 is 0 Å². The molecule has 1 aromatic heterocycles. The van der Waals surface area contributed by atoms with Crippen LogP contribution in [0.25, 0.3) is 11.0 Å². The van der Waals surface area contributed by atoms with Crippen LogP contribution in [-0.2, 0) is 5.60 Å². The Kier molecular flexibility index (Phi) is 5.60. The van der Waals surface area contributed by atoms with Gasteiger partial charge in [0.1, 0.15) is 5.58 Å². The first kappa shape index (κ1) is 21.6. The fourth-order valence-electron chi connectivity index (χ4n) is 4.43. The Balaban J connectivity index is 1.30. The van der Waals surface area contributed by atoms with Crippen molar-refractivity contribution >= 4 is 22.6 Å². The van der Waals surface area contributed by atoms with Crippen LogP contribution < -0.4 is 14.8 Å². The topological polar surface area (TPSA) is 84.2 Å². The molecule has 33 heavy (non-hydrogen) atoms. The largest absolute Gasteiger partial charge is 0.454 e. The molecule has 1 amide bonds. The minimum absolute atomic E-state index is 0.179. The molecule has 1 fully saturated rings. The number of fused-ring (bicyclic) bond motifs is 2. The van der Waals surface area contributed by atoms with E-state index in [0.29, 0.717) is 35.6 Å². The molecule has 0 aliphatic carbocycles. The normalized spacial score (nSPS) is 18.0. The predicted octanol–water partition coefficient (Wildman–Crippen LogP) is 4.66. The highest BCUT2D eigenvalue weighted by atomic mass is 16.7. The Morgan fingerprint density at radius 2 is 1.91 bits per heavy atom. The lowest BCUT2D eigenvalue weighted by Gasteiger charge is -2.38. The molecule has 0 spiro atoms. The van der Waals surface area contributed by atoms with Crippen LogP contribution in [0.2, 0.25) is 0 Å². The van der Waals surface area contributed by atoms with Gasteiger partial charge in [-0.2, -0.15) is 0 Å². The summed E-state index contributed by atoms with van der Waals surface area (Å²) in [5, 5.41) is 15.0. The van der Waals surface area contributed by atoms with Crippen molar-refractivity contribution in [2.75, 3.05) is 31.7 Å². The minimum Gasteiger partial charge on any atom is -0.454 e. The molecule has 2 aliphatic heterocycles. The number of carbonyl (C=O) groups excluding carboxylic acids is 1. The number of carbonyl (C=O) groups is 1. The molecule has 0 atom stereocenters. The molecule has 0 bridgehead atoms. The number of allylic oxidation sites excluding steroid dienone is 1. The SMILES string of the molecule is CC=C(C)CN1CCC(O)(c2ccc3oc(C(=O)Nc4ccc5c(c4)OCO5)cc3c2)CC1. The highest BCUT2D eigenvalue weighted by Crippen LogP contribution is 2.36. The number of benzene rings is 2. The number of ether oxygens (including phenoxy) is 2. The minimum atomic E-state index is -0.874. The van der Waals surface area contributed by atoms with Gasteiger partial charge in [-0.1, -0.05) is 17.7 Å². The first-order chi connectivity index (χ1) is 15.9. The Bertz CT molecular complexity index is 1220. The molecule has 2 N–H and O–H groups in total. The lowest BCUT2D eigenvalue weighted by molar-refractivity contribution is -0.0238. The van der Waals surface area contributed by atoms with E-state index in [1.54, 1.807) is 24.3 Å². The summed E-state index contributed by atoms with van der Waals surface area (Å²) in [6, 6.07) is 12.6. The number of nitrogens with one attached hydrogen (secondary N) is 1. The summed E-state index contributed by atoms with van der Waals surface area (Å²) >= 11 is 0. The molecule has 7 heteroatoms. The van der Waals surface area contributed by atoms with E-state index in [9.17, 15) is 9.90 Å². The third-order valence-corrected chi connectivity index (χ3v) is 6.56. The number of nitrogens with zero attached hydrogens (tertiary/aromatic N) is 1. The van der Waals surface area contributed by atoms with Gasteiger partial charge in [0, 0.05) is 36.8 Å². The van der Waals surface area contributed by atoms with E-state index >= 15 is 0 Å². The van der Waals surface area contributed by atoms with E-state index in [1.807, 2.05) is 18.2 Å². The van der Waals surface area contributed by atoms with Crippen LogP contribution in [0.1, 0.15) is 42.8 Å². The molecular formula is C26H28N2O5. The number of anilines is 1. The maximum Gasteiger partial charge on any atom is 0.291 e. The molecule has 0 unspecified atom stereocenters. The van der Waals surface area contributed by atoms with Crippen LogP contribution in [0.15, 0.2) is 58.5 Å². The Morgan fingerprint density at radius 3 is 2.70 bits per heavy atom. The fraction of sp³-hybridized carbons (Fsp3) is 0.346. The van der Waals surface area contributed by atoms with Crippen molar-refractivity contribution in [1.29, 1.82) is 0 Å². The van der Waals surface area contributed by atoms with Gasteiger partial charge in [0.05, 0.1) is 5.60 Å². The maximum atomic E-state index is 12.7. The summed E-state index contributed by atoms with van der Waals surface area (Å²) in [5.74, 6) is 1.12. The van der Waals surface area contributed by atoms with Crippen LogP contribution in [-0.4, -0.2) is 42.3 Å². The van der Waals surface area contributed by atoms with E-state index in [4.69, 9.17) is 13.9 Å². The van der Waals surface area contributed by atoms with Crippen LogP contribution in [0, 0.1) is 0 Å². The van der Waals surface area contributed by atoms with Crippen LogP contribution in [0.4, 0.5) is 5.69 Å². The summed E-state index contributed by atoms with van der Waals surface area (Å²) in [4.78, 5) is 15.1. The smallest absolute Gasteiger partial charge is 0.291 e. The zero-order valence-corrected chi connectivity index (χ0v) is 18.9. The summed E-state index contributed by atoms with van der Waals surface area (Å²) in [6.07, 6.45) is 3.48. The Hall–Kier alpha value is -3.29. The Morgan fingerprint density at radius 1 is 1.12 bits per heavy atom. The number of likely N-dealkylation sites (tertiary alicyclic amines) is 1. The molecular weight excluding hydrogens is 420 g/mol. The van der Waals surface area contributed by atoms with Crippen molar-refractivity contribution in [3.8, 4) is 11.5 Å². The van der Waals surface area contributed by atoms with Crippen LogP contribution in [0.5, 0.6) is 11.5 Å². The van der Waals surface area contributed by atoms with Crippen molar-refractivity contribution in [3.05, 3.63) is 65.4 Å². The summed E-state index contributed by atoms with van der Waals surface area (Å²) in [5.41, 5.74) is 2.53. The zero-order chi connectivity index (χ0) is 23.0. The zero-order valence-electron chi connectivity index (χ0n) is 18.9. The van der Waals surface area contributed by atoms with Crippen molar-refractivity contribution in [2.45, 2.75) is 32.3 Å². The number of piperidine rings is 1. The van der Waals surface area contributed by atoms with Gasteiger partial charge in [-0.3, -0.25) is 9.69 Å². The number of furan rings is 1. The maximum absolute atomic E-state index is 12.7. The predicted molar refractivity (Wildman–Crippen MR) is 126 cm³/mol. The van der Waals surface area contributed by atoms with E-state index in [-0.39, 0.29) is 18.5 Å². The molecule has 7 nitrogen and oxygen atoms in total. The lowest BCUT2D eigenvalue weighted by Crippen LogP contribution is -2.43. The average molecular weight is 449 g/mol. The molecule has 1 saturated heterocycles. The van der Waals surface area contributed by atoms with Crippen molar-refractivity contribution in [3.63, 3.8) is 0 Å². The second-order valence-corrected chi connectivity index (χ2v) is 8.83. The van der Waals surface area contributed by atoms with Gasteiger partial charge in [-0.15, -0.1) is 0 Å². The summed E-state index contributed by atoms with van der Waals surface area (Å²) in [7, 11) is 0. The number of rotatable bonds is 5. The molecule has 3 aromatic rings. The highest BCUT2D eigenvalue weighted by Gasteiger charge is 2.34. The van der Waals surface area contributed by atoms with Crippen molar-refractivity contribution in [1.82, 2.24) is 4.90 Å². The second-order valence-electron chi connectivity index (χ2n) is 8.83. The quantitative estimate of drug-likeness (QED) is 0.552. The lowest BCUT2D eigenvalue weighted by atomic mass is 9.84. The number of aliphatic hydroxyl groups is 1. The molecule has 3 heterocycles. The highest BCUT2D eigenvalue weighted by molar-refractivity contribution is 6.04. The van der Waals surface area contributed by atoms with E-state index in [2.05, 4.69) is 30.1 Å². The van der Waals surface area contributed by atoms with Crippen LogP contribution in [0.3, 0.4) is 0 Å². The van der Waals surface area contributed by atoms with Gasteiger partial charge in [-0.05, 0) is 62.6 Å². The average Bonchev–Trinajstić information content (AvgIpc) is 3.46. The van der Waals surface area contributed by atoms with E-state index < -0.39 is 5.60 Å². The third-order valence-electron chi connectivity index (χ3n) is 6.56. The standard InChI is InChI=1S/C26H28N2O5/c1-3-17(2)15-28-10-8-26(30,9-11-28)19-4-6-21-18(12-19)13-24(33-21)25(29)27-20-5-7-22-23(14-20)32-16-31-22/h3-7,12-14,30H,8-11,15-16H2,1-2H3,(H,27,29). The number of hydrogen-bond donors (Lipinski definition) is 2. The Labute approximate surface area is 192 Å². The molecule has 5 rings (SSSR count). The van der Waals surface area contributed by atoms with Gasteiger partial charge in [0.25, 0.3) is 5.91 Å². The summed E-state index contributed by atoms with van der Waals surface area (Å²) < 4.78 is 16.4. The molecule has 172 valence electrons. The van der Waals surface area contributed by atoms with E-state index in [0.717, 1.165) is 30.6 Å². The van der Waals surface area contributed by atoms with Crippen molar-refractivity contribution in [2.24, 2.45) is 0 Å². The first-order valence-electron chi connectivity index (χ1n) is 11.3. The fourth-order valence-corrected chi connectivity index (χ4v) is 4.43. The third kappa shape index (κ3) is 4.34. The first-order valence-corrected chi connectivity index (χ1v) is 11.3. The molecule has 0 radical (unpaired) electrons. The van der Waals surface area contributed by atoms with Gasteiger partial charge in [0.2, 0.25) is 6.79 Å². The molecule has 2 aliphatic rings. The van der Waals surface area contributed by atoms with Gasteiger partial charge >= 0.3 is 0 Å². The van der Waals surface area contributed by atoms with Gasteiger partial charge in [-0.25, -0.2) is 0 Å². The van der Waals surface area contributed by atoms with E-state index in [1.165, 1.54) is 5.57 Å². The summed E-state index contributed by atoms with van der Waals surface area (Å²) in [6.45, 7) is 6.99. The van der Waals surface area contributed by atoms with Crippen molar-refractivity contribution < 1.29 is 23.8 Å². The molecule has 2 aromatic carbocycles. The second kappa shape index (κ2) is 8.57. The van der Waals surface area contributed by atoms with Gasteiger partial charge in [0.15, 0.2) is 17.3 Å². The number of hydrogen-bond acceptors (Lipinski definition) is 6.